The molecule has 0 aliphatic heterocycles. The molecule has 3 rings (SSSR count). The van der Waals surface area contributed by atoms with Crippen molar-refractivity contribution in [1.82, 2.24) is 0 Å². The second-order valence-corrected chi connectivity index (χ2v) is 7.48. The van der Waals surface area contributed by atoms with Gasteiger partial charge in [0.2, 0.25) is 0 Å². The third-order valence-corrected chi connectivity index (χ3v) is 6.57. The van der Waals surface area contributed by atoms with Crippen LogP contribution >= 0.6 is 0 Å². The molecular weight excluding hydrogens is 331 g/mol. The number of hydrogen-bond acceptors (Lipinski definition) is 0. The van der Waals surface area contributed by atoms with Crippen LogP contribution in [0.25, 0.3) is 17.2 Å². The van der Waals surface area contributed by atoms with Gasteiger partial charge in [0.25, 0.3) is 0 Å². The summed E-state index contributed by atoms with van der Waals surface area (Å²) in [6.07, 6.45) is 3.58. The van der Waals surface area contributed by atoms with Gasteiger partial charge in [-0.2, -0.15) is 0 Å². The molecule has 21 heavy (non-hydrogen) atoms. The Morgan fingerprint density at radius 2 is 1.81 bits per heavy atom. The van der Waals surface area contributed by atoms with Gasteiger partial charge >= 0.3 is 143 Å². The maximum absolute atomic E-state index is 2.38. The second-order valence-electron chi connectivity index (χ2n) is 6.06. The van der Waals surface area contributed by atoms with Crippen molar-refractivity contribution < 1.29 is 24.7 Å². The molecule has 0 nitrogen and oxygen atoms in total. The number of fused-ring (bicyclic) bond motifs is 1. The van der Waals surface area contributed by atoms with E-state index in [1.807, 2.05) is 0 Å². The van der Waals surface area contributed by atoms with Crippen molar-refractivity contribution >= 4 is 6.08 Å². The topological polar surface area (TPSA) is 0 Å². The minimum atomic E-state index is 0.645. The summed E-state index contributed by atoms with van der Waals surface area (Å²) < 4.78 is 0.645. The average molecular weight is 353 g/mol. The van der Waals surface area contributed by atoms with E-state index in [9.17, 15) is 0 Å². The van der Waals surface area contributed by atoms with E-state index in [1.54, 1.807) is 24.7 Å². The van der Waals surface area contributed by atoms with E-state index >= 15 is 0 Å². The third kappa shape index (κ3) is 2.73. The van der Waals surface area contributed by atoms with Crippen LogP contribution < -0.4 is 0 Å². The van der Waals surface area contributed by atoms with Crippen LogP contribution in [0.4, 0.5) is 0 Å². The standard InChI is InChI=1S/C20H21.Zr/c1-4-15(3)16-8-10-17(11-9-16)19-7-5-6-18-12-14(2)13-20(18)19;/h5-13,15H,4H2,1-3H3;. The summed E-state index contributed by atoms with van der Waals surface area (Å²) in [6.45, 7) is 6.81. The summed E-state index contributed by atoms with van der Waals surface area (Å²) >= 11 is 1.59. The molecule has 0 amide bonds. The zero-order chi connectivity index (χ0) is 15.0. The van der Waals surface area contributed by atoms with E-state index in [1.165, 1.54) is 39.8 Å². The van der Waals surface area contributed by atoms with Crippen molar-refractivity contribution in [3.05, 3.63) is 64.7 Å². The Hall–Kier alpha value is -0.937. The molecule has 1 aliphatic carbocycles. The monoisotopic (exact) mass is 351 g/mol. The van der Waals surface area contributed by atoms with E-state index in [0.717, 1.165) is 0 Å². The van der Waals surface area contributed by atoms with Gasteiger partial charge < -0.3 is 0 Å². The first kappa shape index (κ1) is 15.0. The molecule has 1 aliphatic rings. The predicted molar refractivity (Wildman–Crippen MR) is 87.0 cm³/mol. The molecule has 2 atom stereocenters. The van der Waals surface area contributed by atoms with Crippen LogP contribution in [0.2, 0.25) is 0 Å². The number of benzene rings is 2. The first-order valence-electron chi connectivity index (χ1n) is 7.74. The van der Waals surface area contributed by atoms with Crippen LogP contribution in [0.1, 0.15) is 53.4 Å². The van der Waals surface area contributed by atoms with Crippen LogP contribution in [0.15, 0.2) is 48.0 Å². The van der Waals surface area contributed by atoms with Crippen molar-refractivity contribution in [1.29, 1.82) is 0 Å². The molecule has 0 saturated carbocycles. The molecule has 2 aromatic rings. The van der Waals surface area contributed by atoms with Crippen LogP contribution in [0, 0.1) is 0 Å². The van der Waals surface area contributed by atoms with Crippen molar-refractivity contribution in [2.75, 3.05) is 0 Å². The Kier molecular flexibility index (Phi) is 4.32. The van der Waals surface area contributed by atoms with Gasteiger partial charge in [-0.15, -0.1) is 0 Å². The molecule has 0 radical (unpaired) electrons. The van der Waals surface area contributed by atoms with Gasteiger partial charge in [-0.25, -0.2) is 0 Å². The summed E-state index contributed by atoms with van der Waals surface area (Å²) in [7, 11) is 0. The fourth-order valence-corrected chi connectivity index (χ4v) is 3.85. The molecule has 0 spiro atoms. The molecule has 0 aromatic heterocycles. The minimum absolute atomic E-state index is 0.645. The predicted octanol–water partition coefficient (Wildman–Crippen LogP) is 5.87. The van der Waals surface area contributed by atoms with Gasteiger partial charge in [0.15, 0.2) is 0 Å². The zero-order valence-electron chi connectivity index (χ0n) is 13.0. The molecule has 0 saturated heterocycles. The van der Waals surface area contributed by atoms with Gasteiger partial charge in [-0.05, 0) is 0 Å². The van der Waals surface area contributed by atoms with Gasteiger partial charge in [0.05, 0.1) is 0 Å². The summed E-state index contributed by atoms with van der Waals surface area (Å²) in [5, 5.41) is 0. The van der Waals surface area contributed by atoms with Crippen molar-refractivity contribution in [3.8, 4) is 11.1 Å². The van der Waals surface area contributed by atoms with E-state index < -0.39 is 0 Å². The Balaban J connectivity index is 2.03. The van der Waals surface area contributed by atoms with Gasteiger partial charge in [0.1, 0.15) is 0 Å². The van der Waals surface area contributed by atoms with Crippen molar-refractivity contribution in [3.63, 3.8) is 0 Å². The summed E-state index contributed by atoms with van der Waals surface area (Å²) in [4.78, 5) is 0. The molecule has 0 fully saturated rings. The maximum atomic E-state index is 2.38. The Morgan fingerprint density at radius 3 is 2.48 bits per heavy atom. The van der Waals surface area contributed by atoms with Crippen LogP contribution in [-0.2, 0) is 24.7 Å². The fourth-order valence-electron chi connectivity index (χ4n) is 3.03. The van der Waals surface area contributed by atoms with Gasteiger partial charge in [-0.1, -0.05) is 0 Å². The molecular formula is C20H21Zr. The van der Waals surface area contributed by atoms with E-state index in [2.05, 4.69) is 69.3 Å². The molecule has 2 unspecified atom stereocenters. The fraction of sp³-hybridized carbons (Fsp3) is 0.300. The van der Waals surface area contributed by atoms with Gasteiger partial charge in [0, 0.05) is 0 Å². The Bertz CT molecular complexity index is 679. The van der Waals surface area contributed by atoms with Crippen molar-refractivity contribution in [2.45, 2.75) is 36.7 Å². The quantitative estimate of drug-likeness (QED) is 0.648. The van der Waals surface area contributed by atoms with Crippen molar-refractivity contribution in [2.24, 2.45) is 0 Å². The Morgan fingerprint density at radius 1 is 1.10 bits per heavy atom. The zero-order valence-corrected chi connectivity index (χ0v) is 15.4. The first-order chi connectivity index (χ1) is 10.1. The number of rotatable bonds is 3. The Labute approximate surface area is 143 Å². The summed E-state index contributed by atoms with van der Waals surface area (Å²) in [6, 6.07) is 15.9. The van der Waals surface area contributed by atoms with Crippen LogP contribution in [0.5, 0.6) is 0 Å². The van der Waals surface area contributed by atoms with Crippen LogP contribution in [-0.4, -0.2) is 0 Å². The summed E-state index contributed by atoms with van der Waals surface area (Å²) in [5.41, 5.74) is 8.62. The van der Waals surface area contributed by atoms with E-state index in [0.29, 0.717) is 9.54 Å². The van der Waals surface area contributed by atoms with Crippen LogP contribution in [0.3, 0.4) is 0 Å². The van der Waals surface area contributed by atoms with E-state index in [-0.39, 0.29) is 0 Å². The molecule has 105 valence electrons. The normalized spacial score (nSPS) is 18.2. The molecule has 0 heterocycles. The molecule has 0 N–H and O–H groups in total. The van der Waals surface area contributed by atoms with E-state index in [4.69, 9.17) is 0 Å². The second kappa shape index (κ2) is 6.05. The average Bonchev–Trinajstić information content (AvgIpc) is 2.82. The summed E-state index contributed by atoms with van der Waals surface area (Å²) in [5.74, 6) is 0.645. The SMILES string of the molecule is CCC(C)c1ccc(-c2cccc3c2C=C(C)[CH]3[Zr])cc1. The van der Waals surface area contributed by atoms with Gasteiger partial charge in [-0.3, -0.25) is 0 Å². The molecule has 2 aromatic carbocycles. The number of hydrogen-bond donors (Lipinski definition) is 0. The molecule has 0 bridgehead atoms. The third-order valence-electron chi connectivity index (χ3n) is 4.68. The molecule has 1 heteroatoms. The first-order valence-corrected chi connectivity index (χ1v) is 9.16. The number of allylic oxidation sites excluding steroid dienone is 1.